The lowest BCUT2D eigenvalue weighted by molar-refractivity contribution is 0.0195. The summed E-state index contributed by atoms with van der Waals surface area (Å²) in [5.41, 5.74) is 2.61. The number of aromatic nitrogens is 6. The Bertz CT molecular complexity index is 1290. The van der Waals surface area contributed by atoms with Crippen molar-refractivity contribution in [1.82, 2.24) is 29.9 Å². The van der Waals surface area contributed by atoms with Gasteiger partial charge < -0.3 is 20.1 Å². The molecule has 0 saturated heterocycles. The predicted octanol–water partition coefficient (Wildman–Crippen LogP) is 3.75. The van der Waals surface area contributed by atoms with Crippen LogP contribution in [-0.2, 0) is 6.54 Å². The van der Waals surface area contributed by atoms with Gasteiger partial charge in [0.25, 0.3) is 6.43 Å². The predicted molar refractivity (Wildman–Crippen MR) is 119 cm³/mol. The number of aromatic amines is 1. The monoisotopic (exact) mass is 457 g/mol. The maximum absolute atomic E-state index is 12.9. The Hall–Kier alpha value is -3.34. The molecule has 3 heterocycles. The minimum Gasteiger partial charge on any atom is -0.480 e. The minimum atomic E-state index is -2.53. The van der Waals surface area contributed by atoms with E-state index in [4.69, 9.17) is 4.74 Å². The SMILES string of the molecule is COc1nc(NC2CCC(C)(O)CC2)nc2[nH]cc(-c3ccc4nnn(CC(F)F)c4c3)c12. The number of benzene rings is 1. The topological polar surface area (TPSA) is 114 Å². The molecule has 0 bridgehead atoms. The Morgan fingerprint density at radius 3 is 2.82 bits per heavy atom. The first-order valence-electron chi connectivity index (χ1n) is 10.9. The fraction of sp³-hybridized carbons (Fsp3) is 0.455. The Morgan fingerprint density at radius 1 is 1.30 bits per heavy atom. The van der Waals surface area contributed by atoms with E-state index in [0.29, 0.717) is 33.9 Å². The molecule has 11 heteroatoms. The lowest BCUT2D eigenvalue weighted by atomic mass is 9.84. The van der Waals surface area contributed by atoms with E-state index in [1.165, 1.54) is 4.68 Å². The molecule has 0 aliphatic heterocycles. The highest BCUT2D eigenvalue weighted by Crippen LogP contribution is 2.36. The van der Waals surface area contributed by atoms with Gasteiger partial charge in [0.2, 0.25) is 11.8 Å². The molecule has 4 aromatic rings. The maximum atomic E-state index is 12.9. The lowest BCUT2D eigenvalue weighted by Gasteiger charge is -2.33. The molecule has 1 aliphatic carbocycles. The van der Waals surface area contributed by atoms with Crippen molar-refractivity contribution < 1.29 is 18.6 Å². The number of ether oxygens (including phenoxy) is 1. The van der Waals surface area contributed by atoms with E-state index in [1.807, 2.05) is 13.0 Å². The van der Waals surface area contributed by atoms with Crippen LogP contribution in [0.3, 0.4) is 0 Å². The van der Waals surface area contributed by atoms with Crippen LogP contribution < -0.4 is 10.1 Å². The second-order valence-electron chi connectivity index (χ2n) is 8.76. The first-order valence-corrected chi connectivity index (χ1v) is 10.9. The summed E-state index contributed by atoms with van der Waals surface area (Å²) in [6.07, 6.45) is 2.36. The van der Waals surface area contributed by atoms with Crippen molar-refractivity contribution in [2.75, 3.05) is 12.4 Å². The molecule has 0 unspecified atom stereocenters. The molecule has 1 aromatic carbocycles. The van der Waals surface area contributed by atoms with Crippen LogP contribution in [0.2, 0.25) is 0 Å². The summed E-state index contributed by atoms with van der Waals surface area (Å²) in [6, 6.07) is 5.55. The molecule has 1 saturated carbocycles. The summed E-state index contributed by atoms with van der Waals surface area (Å²) in [4.78, 5) is 12.4. The molecule has 0 spiro atoms. The lowest BCUT2D eigenvalue weighted by Crippen LogP contribution is -2.36. The molecule has 3 N–H and O–H groups in total. The largest absolute Gasteiger partial charge is 0.480 e. The smallest absolute Gasteiger partial charge is 0.258 e. The zero-order valence-electron chi connectivity index (χ0n) is 18.3. The van der Waals surface area contributed by atoms with E-state index in [1.54, 1.807) is 25.4 Å². The van der Waals surface area contributed by atoms with E-state index in [2.05, 4.69) is 30.6 Å². The standard InChI is InChI=1S/C22H25F2N7O2/c1-22(32)7-5-13(6-8-22)26-21-27-19-18(20(28-21)33-2)14(10-25-19)12-3-4-15-16(9-12)31(30-29-15)11-17(23)24/h3-4,9-10,13,17,32H,5-8,11H2,1-2H3,(H2,25,26,27,28). The summed E-state index contributed by atoms with van der Waals surface area (Å²) >= 11 is 0. The van der Waals surface area contributed by atoms with E-state index < -0.39 is 18.6 Å². The summed E-state index contributed by atoms with van der Waals surface area (Å²) in [5.74, 6) is 0.856. The van der Waals surface area contributed by atoms with E-state index in [0.717, 1.165) is 36.8 Å². The molecule has 0 radical (unpaired) electrons. The molecule has 174 valence electrons. The van der Waals surface area contributed by atoms with Crippen LogP contribution in [0.25, 0.3) is 33.2 Å². The Kier molecular flexibility index (Phi) is 5.35. The van der Waals surface area contributed by atoms with Gasteiger partial charge in [-0.05, 0) is 50.3 Å². The molecule has 5 rings (SSSR count). The summed E-state index contributed by atoms with van der Waals surface area (Å²) < 4.78 is 32.6. The fourth-order valence-corrected chi connectivity index (χ4v) is 4.40. The summed E-state index contributed by atoms with van der Waals surface area (Å²) in [6.45, 7) is 1.34. The first kappa shape index (κ1) is 21.5. The van der Waals surface area contributed by atoms with Crippen LogP contribution >= 0.6 is 0 Å². The average Bonchev–Trinajstić information content (AvgIpc) is 3.38. The second kappa shape index (κ2) is 8.22. The number of methoxy groups -OCH3 is 1. The van der Waals surface area contributed by atoms with Gasteiger partial charge in [-0.1, -0.05) is 11.3 Å². The number of halogens is 2. The van der Waals surface area contributed by atoms with E-state index >= 15 is 0 Å². The third-order valence-electron chi connectivity index (χ3n) is 6.22. The Morgan fingerprint density at radius 2 is 2.09 bits per heavy atom. The fourth-order valence-electron chi connectivity index (χ4n) is 4.40. The number of H-pyrrole nitrogens is 1. The quantitative estimate of drug-likeness (QED) is 0.404. The normalized spacial score (nSPS) is 21.2. The molecule has 1 aliphatic rings. The molecule has 1 fully saturated rings. The minimum absolute atomic E-state index is 0.173. The number of anilines is 1. The van der Waals surface area contributed by atoms with Gasteiger partial charge in [0, 0.05) is 17.8 Å². The van der Waals surface area contributed by atoms with Crippen LogP contribution in [0.1, 0.15) is 32.6 Å². The Balaban J connectivity index is 1.49. The molecule has 33 heavy (non-hydrogen) atoms. The van der Waals surface area contributed by atoms with Crippen LogP contribution in [-0.4, -0.2) is 60.2 Å². The highest BCUT2D eigenvalue weighted by atomic mass is 19.3. The van der Waals surface area contributed by atoms with Gasteiger partial charge in [0.1, 0.15) is 17.7 Å². The number of hydrogen-bond acceptors (Lipinski definition) is 7. The first-order chi connectivity index (χ1) is 15.8. The summed E-state index contributed by atoms with van der Waals surface area (Å²) in [5, 5.41) is 22.0. The highest BCUT2D eigenvalue weighted by Gasteiger charge is 2.29. The molecule has 0 amide bonds. The maximum Gasteiger partial charge on any atom is 0.258 e. The average molecular weight is 457 g/mol. The van der Waals surface area contributed by atoms with Crippen molar-refractivity contribution >= 4 is 28.0 Å². The molecular formula is C22H25F2N7O2. The number of nitrogens with one attached hydrogen (secondary N) is 2. The number of alkyl halides is 2. The van der Waals surface area contributed by atoms with E-state index in [9.17, 15) is 13.9 Å². The van der Waals surface area contributed by atoms with Crippen molar-refractivity contribution in [2.45, 2.75) is 57.2 Å². The van der Waals surface area contributed by atoms with Crippen LogP contribution in [0.4, 0.5) is 14.7 Å². The molecular weight excluding hydrogens is 432 g/mol. The van der Waals surface area contributed by atoms with Gasteiger partial charge in [-0.25, -0.2) is 13.5 Å². The third-order valence-corrected chi connectivity index (χ3v) is 6.22. The van der Waals surface area contributed by atoms with Crippen molar-refractivity contribution in [3.05, 3.63) is 24.4 Å². The van der Waals surface area contributed by atoms with Gasteiger partial charge in [-0.15, -0.1) is 5.10 Å². The van der Waals surface area contributed by atoms with Gasteiger partial charge in [0.15, 0.2) is 0 Å². The van der Waals surface area contributed by atoms with Gasteiger partial charge in [-0.2, -0.15) is 9.97 Å². The number of aliphatic hydroxyl groups is 1. The third kappa shape index (κ3) is 4.20. The van der Waals surface area contributed by atoms with Crippen molar-refractivity contribution in [1.29, 1.82) is 0 Å². The van der Waals surface area contributed by atoms with Crippen molar-refractivity contribution in [3.63, 3.8) is 0 Å². The second-order valence-corrected chi connectivity index (χ2v) is 8.76. The highest BCUT2D eigenvalue weighted by molar-refractivity contribution is 5.99. The van der Waals surface area contributed by atoms with Gasteiger partial charge in [-0.3, -0.25) is 0 Å². The molecule has 0 atom stereocenters. The number of nitrogens with zero attached hydrogens (tertiary/aromatic N) is 5. The number of rotatable bonds is 6. The number of fused-ring (bicyclic) bond motifs is 2. The molecule has 3 aromatic heterocycles. The zero-order valence-corrected chi connectivity index (χ0v) is 18.3. The summed E-state index contributed by atoms with van der Waals surface area (Å²) in [7, 11) is 1.55. The van der Waals surface area contributed by atoms with Crippen LogP contribution in [0.5, 0.6) is 5.88 Å². The van der Waals surface area contributed by atoms with Crippen molar-refractivity contribution in [3.8, 4) is 17.0 Å². The molecule has 9 nitrogen and oxygen atoms in total. The van der Waals surface area contributed by atoms with Gasteiger partial charge in [0.05, 0.1) is 23.6 Å². The number of hydrogen-bond donors (Lipinski definition) is 3. The van der Waals surface area contributed by atoms with Crippen molar-refractivity contribution in [2.24, 2.45) is 0 Å². The van der Waals surface area contributed by atoms with Crippen LogP contribution in [0.15, 0.2) is 24.4 Å². The zero-order chi connectivity index (χ0) is 23.2. The van der Waals surface area contributed by atoms with Gasteiger partial charge >= 0.3 is 0 Å². The Labute approximate surface area is 188 Å². The van der Waals surface area contributed by atoms with E-state index in [-0.39, 0.29) is 6.04 Å². The van der Waals surface area contributed by atoms with Crippen LogP contribution in [0, 0.1) is 0 Å².